The van der Waals surface area contributed by atoms with E-state index in [0.717, 1.165) is 12.0 Å². The maximum Gasteiger partial charge on any atom is 0.308 e. The first-order chi connectivity index (χ1) is 16.3. The van der Waals surface area contributed by atoms with E-state index < -0.39 is 10.0 Å². The van der Waals surface area contributed by atoms with Crippen LogP contribution in [0, 0.1) is 23.7 Å². The molecule has 0 radical (unpaired) electrons. The number of anilines is 1. The summed E-state index contributed by atoms with van der Waals surface area (Å²) in [7, 11) is -0.819. The molecule has 0 spiro atoms. The molecule has 0 amide bonds. The first kappa shape index (κ1) is 25.5. The van der Waals surface area contributed by atoms with Gasteiger partial charge < -0.3 is 15.2 Å². The average molecular weight is 483 g/mol. The molecule has 2 aromatic carbocycles. The molecular formula is C26H30N2O5S. The van der Waals surface area contributed by atoms with Gasteiger partial charge in [0.05, 0.1) is 24.5 Å². The summed E-state index contributed by atoms with van der Waals surface area (Å²) in [5.74, 6) is 5.74. The number of hydrogen-bond acceptors (Lipinski definition) is 6. The largest absolute Gasteiger partial charge is 0.469 e. The highest BCUT2D eigenvalue weighted by Crippen LogP contribution is 2.29. The average Bonchev–Trinajstić information content (AvgIpc) is 2.86. The molecule has 8 heteroatoms. The van der Waals surface area contributed by atoms with Gasteiger partial charge in [0.2, 0.25) is 0 Å². The summed E-state index contributed by atoms with van der Waals surface area (Å²) < 4.78 is 39.1. The van der Waals surface area contributed by atoms with E-state index in [4.69, 9.17) is 15.2 Å². The number of rotatable bonds is 7. The van der Waals surface area contributed by atoms with Crippen molar-refractivity contribution in [3.05, 3.63) is 59.2 Å². The van der Waals surface area contributed by atoms with Crippen LogP contribution in [0.5, 0.6) is 0 Å². The van der Waals surface area contributed by atoms with Gasteiger partial charge in [-0.2, -0.15) is 12.8 Å². The quantitative estimate of drug-likeness (QED) is 0.280. The van der Waals surface area contributed by atoms with Crippen LogP contribution in [0.1, 0.15) is 42.4 Å². The second-order valence-electron chi connectivity index (χ2n) is 8.30. The number of nitrogens with two attached hydrogens (primary N) is 1. The van der Waals surface area contributed by atoms with Crippen LogP contribution in [0.25, 0.3) is 0 Å². The molecule has 3 rings (SSSR count). The molecule has 34 heavy (non-hydrogen) atoms. The molecule has 1 aliphatic rings. The number of ether oxygens (including phenoxy) is 2. The third-order valence-corrected chi connectivity index (χ3v) is 7.18. The van der Waals surface area contributed by atoms with Gasteiger partial charge in [-0.15, -0.1) is 0 Å². The Morgan fingerprint density at radius 2 is 1.79 bits per heavy atom. The number of esters is 1. The van der Waals surface area contributed by atoms with Crippen molar-refractivity contribution in [3.63, 3.8) is 0 Å². The minimum Gasteiger partial charge on any atom is -0.469 e. The number of hydrogen-bond donors (Lipinski definition) is 1. The highest BCUT2D eigenvalue weighted by atomic mass is 32.2. The molecule has 1 fully saturated rings. The maximum absolute atomic E-state index is 12.7. The minimum absolute atomic E-state index is 0.0130. The van der Waals surface area contributed by atoms with E-state index in [-0.39, 0.29) is 28.4 Å². The molecular weight excluding hydrogens is 452 g/mol. The van der Waals surface area contributed by atoms with Crippen LogP contribution in [0.4, 0.5) is 5.69 Å². The number of nitrogen functional groups attached to an aromatic ring is 1. The monoisotopic (exact) mass is 482 g/mol. The molecule has 0 unspecified atom stereocenters. The lowest BCUT2D eigenvalue weighted by atomic mass is 9.83. The lowest BCUT2D eigenvalue weighted by molar-refractivity contribution is -0.146. The van der Waals surface area contributed by atoms with Crippen molar-refractivity contribution in [1.82, 2.24) is 0 Å². The van der Waals surface area contributed by atoms with E-state index in [1.165, 1.54) is 31.0 Å². The van der Waals surface area contributed by atoms with Crippen LogP contribution in [-0.2, 0) is 30.7 Å². The molecule has 0 aromatic heterocycles. The van der Waals surface area contributed by atoms with E-state index in [1.807, 2.05) is 24.3 Å². The first-order valence-corrected chi connectivity index (χ1v) is 12.6. The number of sulfonamides is 1. The van der Waals surface area contributed by atoms with Crippen molar-refractivity contribution in [2.75, 3.05) is 26.6 Å². The molecule has 0 aliphatic heterocycles. The molecule has 7 nitrogen and oxygen atoms in total. The Bertz CT molecular complexity index is 1190. The summed E-state index contributed by atoms with van der Waals surface area (Å²) in [6.07, 6.45) is 5.04. The van der Waals surface area contributed by atoms with Crippen LogP contribution >= 0.6 is 0 Å². The Hall–Kier alpha value is -3.15. The highest BCUT2D eigenvalue weighted by molar-refractivity contribution is 7.90. The van der Waals surface area contributed by atoms with E-state index in [9.17, 15) is 13.2 Å². The van der Waals surface area contributed by atoms with Crippen molar-refractivity contribution in [2.24, 2.45) is 16.2 Å². The zero-order chi connectivity index (χ0) is 24.6. The standard InChI is InChI=1S/C26H30N2O5S/c1-32-16-15-20-5-3-19(4-6-20)7-10-22-13-14-24(17-25(22)27)34(30,31)28-18-21-8-11-23(12-9-21)26(29)33-2/h3-6,13-14,17-18,21,23H,8-9,11-12,15-16,27H2,1-2H3. The van der Waals surface area contributed by atoms with E-state index >= 15 is 0 Å². The predicted molar refractivity (Wildman–Crippen MR) is 132 cm³/mol. The van der Waals surface area contributed by atoms with Crippen molar-refractivity contribution in [3.8, 4) is 11.8 Å². The second kappa shape index (κ2) is 11.8. The summed E-state index contributed by atoms with van der Waals surface area (Å²) in [6, 6.07) is 12.3. The number of benzene rings is 2. The van der Waals surface area contributed by atoms with Crippen LogP contribution in [0.15, 0.2) is 51.8 Å². The third kappa shape index (κ3) is 6.92. The summed E-state index contributed by atoms with van der Waals surface area (Å²) in [6.45, 7) is 0.664. The number of methoxy groups -OCH3 is 2. The highest BCUT2D eigenvalue weighted by Gasteiger charge is 2.26. The molecule has 2 N–H and O–H groups in total. The molecule has 2 aromatic rings. The van der Waals surface area contributed by atoms with Crippen LogP contribution < -0.4 is 5.73 Å². The van der Waals surface area contributed by atoms with Gasteiger partial charge in [-0.1, -0.05) is 24.0 Å². The second-order valence-corrected chi connectivity index (χ2v) is 9.94. The van der Waals surface area contributed by atoms with Crippen molar-refractivity contribution >= 4 is 27.9 Å². The normalized spacial score (nSPS) is 18.3. The molecule has 1 saturated carbocycles. The van der Waals surface area contributed by atoms with Gasteiger partial charge in [-0.05, 0) is 73.9 Å². The Morgan fingerprint density at radius 3 is 2.41 bits per heavy atom. The van der Waals surface area contributed by atoms with Gasteiger partial charge in [0.25, 0.3) is 10.0 Å². The fourth-order valence-corrected chi connectivity index (χ4v) is 4.80. The Balaban J connectivity index is 1.64. The molecule has 0 atom stereocenters. The number of carbonyl (C=O) groups is 1. The van der Waals surface area contributed by atoms with E-state index in [0.29, 0.717) is 37.9 Å². The Morgan fingerprint density at radius 1 is 1.09 bits per heavy atom. The van der Waals surface area contributed by atoms with Crippen LogP contribution in [0.2, 0.25) is 0 Å². The van der Waals surface area contributed by atoms with Crippen molar-refractivity contribution in [2.45, 2.75) is 37.0 Å². The van der Waals surface area contributed by atoms with Crippen LogP contribution in [0.3, 0.4) is 0 Å². The van der Waals surface area contributed by atoms with Crippen molar-refractivity contribution < 1.29 is 22.7 Å². The van der Waals surface area contributed by atoms with Gasteiger partial charge in [0, 0.05) is 30.1 Å². The van der Waals surface area contributed by atoms with Gasteiger partial charge in [0.1, 0.15) is 0 Å². The SMILES string of the molecule is COCCc1ccc(C#Cc2ccc(S(=O)(=O)N=CC3CCC(C(=O)OC)CC3)cc2N)cc1. The van der Waals surface area contributed by atoms with E-state index in [1.54, 1.807) is 13.2 Å². The lowest BCUT2D eigenvalue weighted by Crippen LogP contribution is -2.23. The molecule has 1 aliphatic carbocycles. The molecule has 0 heterocycles. The topological polar surface area (TPSA) is 108 Å². The molecule has 0 bridgehead atoms. The fraction of sp³-hybridized carbons (Fsp3) is 0.385. The minimum atomic E-state index is -3.87. The smallest absolute Gasteiger partial charge is 0.308 e. The maximum atomic E-state index is 12.7. The molecule has 180 valence electrons. The summed E-state index contributed by atoms with van der Waals surface area (Å²) >= 11 is 0. The number of nitrogens with zero attached hydrogens (tertiary/aromatic N) is 1. The van der Waals surface area contributed by atoms with Gasteiger partial charge in [-0.3, -0.25) is 4.79 Å². The molecule has 0 saturated heterocycles. The van der Waals surface area contributed by atoms with Crippen molar-refractivity contribution in [1.29, 1.82) is 0 Å². The third-order valence-electron chi connectivity index (χ3n) is 5.93. The first-order valence-electron chi connectivity index (χ1n) is 11.2. The van der Waals surface area contributed by atoms with E-state index in [2.05, 4.69) is 16.2 Å². The van der Waals surface area contributed by atoms with Gasteiger partial charge in [-0.25, -0.2) is 0 Å². The summed E-state index contributed by atoms with van der Waals surface area (Å²) in [4.78, 5) is 11.7. The summed E-state index contributed by atoms with van der Waals surface area (Å²) in [5, 5.41) is 0. The number of carbonyl (C=O) groups excluding carboxylic acids is 1. The summed E-state index contributed by atoms with van der Waals surface area (Å²) in [5.41, 5.74) is 8.91. The Labute approximate surface area is 201 Å². The zero-order valence-corrected chi connectivity index (χ0v) is 20.3. The van der Waals surface area contributed by atoms with Gasteiger partial charge >= 0.3 is 5.97 Å². The lowest BCUT2D eigenvalue weighted by Gasteiger charge is -2.24. The van der Waals surface area contributed by atoms with Gasteiger partial charge in [0.15, 0.2) is 0 Å². The fourth-order valence-electron chi connectivity index (χ4n) is 3.83. The zero-order valence-electron chi connectivity index (χ0n) is 19.5. The van der Waals surface area contributed by atoms with Crippen LogP contribution in [-0.4, -0.2) is 41.4 Å². The Kier molecular flexibility index (Phi) is 8.85. The predicted octanol–water partition coefficient (Wildman–Crippen LogP) is 3.60.